The maximum Gasteiger partial charge on any atom is 2.00 e. The molecule has 0 aliphatic carbocycles. The molecule has 1 aromatic heterocycles. The van der Waals surface area contributed by atoms with Crippen LogP contribution in [0, 0.1) is 12.7 Å². The Morgan fingerprint density at radius 1 is 0.900 bits per heavy atom. The molecule has 0 bridgehead atoms. The van der Waals surface area contributed by atoms with Crippen LogP contribution in [0.5, 0.6) is 0 Å². The molecule has 3 aromatic rings. The van der Waals surface area contributed by atoms with Crippen molar-refractivity contribution in [2.75, 3.05) is 34.7 Å². The van der Waals surface area contributed by atoms with Crippen LogP contribution in [-0.2, 0) is 21.1 Å². The molecule has 5 rings (SSSR count). The van der Waals surface area contributed by atoms with Gasteiger partial charge in [0, 0.05) is 25.0 Å². The number of hydrogen-bond acceptors (Lipinski definition) is 5. The summed E-state index contributed by atoms with van der Waals surface area (Å²) in [6.07, 6.45) is 5.83. The van der Waals surface area contributed by atoms with E-state index in [0.29, 0.717) is 0 Å². The van der Waals surface area contributed by atoms with Gasteiger partial charge in [0.05, 0.1) is 0 Å². The van der Waals surface area contributed by atoms with Crippen molar-refractivity contribution in [1.29, 1.82) is 0 Å². The van der Waals surface area contributed by atoms with Crippen molar-refractivity contribution in [1.82, 2.24) is 9.88 Å². The molecule has 0 unspecified atom stereocenters. The average Bonchev–Trinajstić information content (AvgIpc) is 3.46. The molecule has 1 saturated heterocycles. The number of pyridine rings is 1. The molecule has 3 heterocycles. The van der Waals surface area contributed by atoms with Gasteiger partial charge in [-0.05, 0) is 43.7 Å². The summed E-state index contributed by atoms with van der Waals surface area (Å²) in [5, 5.41) is 0. The number of para-hydroxylation sites is 2. The molecule has 1 radical (unpaired) electrons. The molecular weight excluding hydrogens is 552 g/mol. The van der Waals surface area contributed by atoms with Gasteiger partial charge in [0.25, 0.3) is 0 Å². The van der Waals surface area contributed by atoms with E-state index in [1.807, 2.05) is 90.6 Å². The van der Waals surface area contributed by atoms with E-state index in [0.717, 1.165) is 24.6 Å². The Labute approximate surface area is 194 Å². The summed E-state index contributed by atoms with van der Waals surface area (Å²) in [7, 11) is 4.12. The van der Waals surface area contributed by atoms with E-state index in [-0.39, 0.29) is 21.1 Å². The van der Waals surface area contributed by atoms with Crippen molar-refractivity contribution in [2.24, 2.45) is 0 Å². The van der Waals surface area contributed by atoms with Crippen molar-refractivity contribution in [3.05, 3.63) is 104 Å². The van der Waals surface area contributed by atoms with Gasteiger partial charge in [-0.3, -0.25) is 0 Å². The minimum Gasteiger partial charge on any atom is -0.510 e. The van der Waals surface area contributed by atoms with Crippen LogP contribution in [-0.4, -0.2) is 37.6 Å². The van der Waals surface area contributed by atoms with Gasteiger partial charge in [-0.25, -0.2) is 4.98 Å². The summed E-state index contributed by atoms with van der Waals surface area (Å²) in [6, 6.07) is 27.5. The molecule has 0 atom stereocenters. The maximum absolute atomic E-state index is 4.36. The molecule has 2 aliphatic rings. The normalized spacial score (nSPS) is 14.7. The maximum atomic E-state index is 4.36. The third kappa shape index (κ3) is 5.67. The molecule has 0 N–H and O–H groups in total. The van der Waals surface area contributed by atoms with Crippen LogP contribution >= 0.6 is 0 Å². The fourth-order valence-electron chi connectivity index (χ4n) is 3.15. The van der Waals surface area contributed by atoms with E-state index in [9.17, 15) is 0 Å². The number of hydrogen-bond donors (Lipinski definition) is 0. The van der Waals surface area contributed by atoms with E-state index in [1.54, 1.807) is 0 Å². The topological polar surface area (TPSA) is 25.9 Å². The number of nitrogens with zero attached hydrogens (tertiary/aromatic N) is 5. The smallest absolute Gasteiger partial charge is 0.510 e. The number of anilines is 3. The first-order valence-corrected chi connectivity index (χ1v) is 9.64. The van der Waals surface area contributed by atoms with Crippen molar-refractivity contribution >= 4 is 24.7 Å². The van der Waals surface area contributed by atoms with E-state index in [4.69, 9.17) is 0 Å². The van der Waals surface area contributed by atoms with Crippen molar-refractivity contribution in [3.8, 4) is 0 Å². The Bertz CT molecular complexity index is 865. The zero-order valence-corrected chi connectivity index (χ0v) is 19.1. The van der Waals surface area contributed by atoms with E-state index in [2.05, 4.69) is 52.5 Å². The SMILES string of the molecule is CN1C=CN(c2[c-]cccc2)[CH-]1.[B]1N(c2ccccc2)CCN1c1ccccn1.[Pt+2]. The van der Waals surface area contributed by atoms with Crippen LogP contribution < -0.4 is 14.5 Å². The van der Waals surface area contributed by atoms with E-state index >= 15 is 0 Å². The predicted octanol–water partition coefficient (Wildman–Crippen LogP) is 3.77. The third-order valence-electron chi connectivity index (χ3n) is 4.63. The molecule has 0 spiro atoms. The Hall–Kier alpha value is -2.72. The minimum absolute atomic E-state index is 0. The second kappa shape index (κ2) is 10.9. The van der Waals surface area contributed by atoms with Crippen LogP contribution in [0.3, 0.4) is 0 Å². The largest absolute Gasteiger partial charge is 2.00 e. The molecule has 0 saturated carbocycles. The van der Waals surface area contributed by atoms with Crippen LogP contribution in [0.1, 0.15) is 0 Å². The summed E-state index contributed by atoms with van der Waals surface area (Å²) in [5.41, 5.74) is 2.30. The second-order valence-electron chi connectivity index (χ2n) is 6.76. The van der Waals surface area contributed by atoms with Crippen LogP contribution in [0.15, 0.2) is 91.4 Å². The zero-order chi connectivity index (χ0) is 19.9. The Balaban J connectivity index is 0.000000175. The molecule has 0 amide bonds. The molecule has 5 nitrogen and oxygen atoms in total. The van der Waals surface area contributed by atoms with E-state index < -0.39 is 0 Å². The van der Waals surface area contributed by atoms with Gasteiger partial charge >= 0.3 is 28.6 Å². The van der Waals surface area contributed by atoms with Gasteiger partial charge in [-0.2, -0.15) is 37.0 Å². The molecule has 1 fully saturated rings. The van der Waals surface area contributed by atoms with Crippen LogP contribution in [0.4, 0.5) is 17.2 Å². The number of rotatable bonds is 3. The molecular formula is C23H23BN5Pt. The predicted molar refractivity (Wildman–Crippen MR) is 120 cm³/mol. The monoisotopic (exact) mass is 575 g/mol. The van der Waals surface area contributed by atoms with Gasteiger partial charge < -0.3 is 19.4 Å². The minimum atomic E-state index is 0. The summed E-state index contributed by atoms with van der Waals surface area (Å²) in [6.45, 7) is 3.98. The summed E-state index contributed by atoms with van der Waals surface area (Å²) in [5.74, 6) is 1.01. The van der Waals surface area contributed by atoms with Crippen molar-refractivity contribution in [2.45, 2.75) is 0 Å². The van der Waals surface area contributed by atoms with Gasteiger partial charge in [0.2, 0.25) is 0 Å². The first kappa shape index (κ1) is 22.0. The second-order valence-corrected chi connectivity index (χ2v) is 6.76. The Morgan fingerprint density at radius 3 is 2.33 bits per heavy atom. The standard InChI is InChI=1S/C13H13BN3.C10H10N2.Pt/c1-2-6-12(7-3-1)16-10-11-17(14-16)13-8-4-5-9-15-13;1-11-7-8-12(9-11)10-5-3-2-4-6-10;/h1-9H,10-11H2;2-5,7-9H,1H3;/q;-2;+2. The number of aromatic nitrogens is 1. The first-order valence-electron chi connectivity index (χ1n) is 9.64. The molecule has 153 valence electrons. The number of benzene rings is 2. The summed E-state index contributed by atoms with van der Waals surface area (Å²) in [4.78, 5) is 12.8. The van der Waals surface area contributed by atoms with Crippen molar-refractivity contribution in [3.63, 3.8) is 0 Å². The zero-order valence-electron chi connectivity index (χ0n) is 16.8. The average molecular weight is 575 g/mol. The van der Waals surface area contributed by atoms with E-state index in [1.165, 1.54) is 5.69 Å². The molecule has 7 heteroatoms. The first-order chi connectivity index (χ1) is 14.3. The van der Waals surface area contributed by atoms with Gasteiger partial charge in [0.1, 0.15) is 5.82 Å². The third-order valence-corrected chi connectivity index (χ3v) is 4.63. The van der Waals surface area contributed by atoms with Gasteiger partial charge in [-0.1, -0.05) is 24.3 Å². The van der Waals surface area contributed by atoms with Crippen molar-refractivity contribution < 1.29 is 21.1 Å². The Morgan fingerprint density at radius 2 is 1.67 bits per heavy atom. The Kier molecular flexibility index (Phi) is 7.98. The summed E-state index contributed by atoms with van der Waals surface area (Å²) < 4.78 is 0. The molecule has 2 aromatic carbocycles. The molecule has 30 heavy (non-hydrogen) atoms. The summed E-state index contributed by atoms with van der Waals surface area (Å²) >= 11 is 0. The molecule has 2 aliphatic heterocycles. The van der Waals surface area contributed by atoms with Gasteiger partial charge in [-0.15, -0.1) is 5.69 Å². The van der Waals surface area contributed by atoms with Gasteiger partial charge in [0.15, 0.2) is 0 Å². The quantitative estimate of drug-likeness (QED) is 0.350. The fraction of sp³-hybridized carbons (Fsp3) is 0.130. The van der Waals surface area contributed by atoms with Crippen LogP contribution in [0.2, 0.25) is 0 Å². The van der Waals surface area contributed by atoms with Crippen LogP contribution in [0.25, 0.3) is 0 Å². The fourth-order valence-corrected chi connectivity index (χ4v) is 3.15.